The van der Waals surface area contributed by atoms with Crippen molar-refractivity contribution in [3.8, 4) is 16.9 Å². The molecule has 2 aliphatic rings. The van der Waals surface area contributed by atoms with Crippen molar-refractivity contribution >= 4 is 17.5 Å². The molecule has 1 aromatic heterocycles. The lowest BCUT2D eigenvalue weighted by Crippen LogP contribution is -2.57. The Labute approximate surface area is 315 Å². The van der Waals surface area contributed by atoms with E-state index in [2.05, 4.69) is 55.6 Å². The Morgan fingerprint density at radius 2 is 1.83 bits per heavy atom. The lowest BCUT2D eigenvalue weighted by molar-refractivity contribution is -0.175. The minimum atomic E-state index is -0.825. The number of aliphatic hydroxyl groups excluding tert-OH is 1. The number of carbonyl (C=O) groups is 2. The van der Waals surface area contributed by atoms with Gasteiger partial charge in [0.25, 0.3) is 5.91 Å². The molecule has 0 bridgehead atoms. The fourth-order valence-corrected chi connectivity index (χ4v) is 8.23. The highest BCUT2D eigenvalue weighted by Gasteiger charge is 2.51. The van der Waals surface area contributed by atoms with Crippen LogP contribution >= 0.6 is 0 Å². The molecule has 0 radical (unpaired) electrons. The van der Waals surface area contributed by atoms with Gasteiger partial charge in [-0.3, -0.25) is 19.4 Å². The smallest absolute Gasteiger partial charge is 0.251 e. The highest BCUT2D eigenvalue weighted by Crippen LogP contribution is 2.47. The summed E-state index contributed by atoms with van der Waals surface area (Å²) in [6, 6.07) is 14.8. The third-order valence-electron chi connectivity index (χ3n) is 12.3. The van der Waals surface area contributed by atoms with Crippen molar-refractivity contribution < 1.29 is 24.3 Å². The zero-order chi connectivity index (χ0) is 38.6. The van der Waals surface area contributed by atoms with Crippen LogP contribution in [0.25, 0.3) is 11.1 Å². The van der Waals surface area contributed by atoms with Gasteiger partial charge in [-0.05, 0) is 78.0 Å². The molecule has 288 valence electrons. The first kappa shape index (κ1) is 40.2. The maximum absolute atomic E-state index is 14.6. The first-order valence-corrected chi connectivity index (χ1v) is 18.9. The molecule has 2 heterocycles. The molecule has 5 rings (SSSR count). The van der Waals surface area contributed by atoms with Crippen LogP contribution in [0.5, 0.6) is 5.75 Å². The quantitative estimate of drug-likeness (QED) is 0.186. The summed E-state index contributed by atoms with van der Waals surface area (Å²) in [5.41, 5.74) is 5.08. The van der Waals surface area contributed by atoms with E-state index in [1.165, 1.54) is 0 Å². The van der Waals surface area contributed by atoms with Crippen molar-refractivity contribution in [2.45, 2.75) is 85.3 Å². The largest absolute Gasteiger partial charge is 0.496 e. The molecule has 0 spiro atoms. The van der Waals surface area contributed by atoms with Crippen LogP contribution in [0.1, 0.15) is 69.4 Å². The van der Waals surface area contributed by atoms with E-state index in [4.69, 9.17) is 9.57 Å². The molecule has 53 heavy (non-hydrogen) atoms. The first-order valence-electron chi connectivity index (χ1n) is 18.9. The van der Waals surface area contributed by atoms with E-state index in [-0.39, 0.29) is 35.7 Å². The minimum absolute atomic E-state index is 0.00255. The molecule has 2 aromatic carbocycles. The Hall–Kier alpha value is -4.03. The second-order valence-electron chi connectivity index (χ2n) is 15.9. The number of hydrogen-bond donors (Lipinski definition) is 4. The number of methoxy groups -OCH3 is 1. The van der Waals surface area contributed by atoms with Gasteiger partial charge >= 0.3 is 0 Å². The predicted molar refractivity (Wildman–Crippen MR) is 209 cm³/mol. The van der Waals surface area contributed by atoms with Gasteiger partial charge in [-0.25, -0.2) is 0 Å². The summed E-state index contributed by atoms with van der Waals surface area (Å²) in [6.45, 7) is 14.5. The molecule has 1 aliphatic heterocycles. The molecule has 2 amide bonds. The number of aliphatic hydroxyl groups is 1. The molecular formula is C42H60N6O5. The first-order chi connectivity index (χ1) is 25.2. The van der Waals surface area contributed by atoms with Crippen molar-refractivity contribution in [2.75, 3.05) is 39.7 Å². The van der Waals surface area contributed by atoms with E-state index in [1.807, 2.05) is 67.5 Å². The zero-order valence-corrected chi connectivity index (χ0v) is 33.1. The predicted octanol–water partition coefficient (Wildman–Crippen LogP) is 5.28. The monoisotopic (exact) mass is 728 g/mol. The van der Waals surface area contributed by atoms with Gasteiger partial charge in [0.1, 0.15) is 11.8 Å². The summed E-state index contributed by atoms with van der Waals surface area (Å²) in [6.07, 6.45) is 3.10. The van der Waals surface area contributed by atoms with Crippen molar-refractivity contribution in [1.29, 1.82) is 0 Å². The van der Waals surface area contributed by atoms with Crippen LogP contribution in [-0.2, 0) is 22.7 Å². The van der Waals surface area contributed by atoms with Gasteiger partial charge in [-0.15, -0.1) is 0 Å². The molecule has 3 aromatic rings. The van der Waals surface area contributed by atoms with Crippen LogP contribution in [0.4, 0.5) is 5.69 Å². The number of hydrogen-bond acceptors (Lipinski definition) is 9. The number of aromatic nitrogens is 1. The number of amides is 2. The Morgan fingerprint density at radius 1 is 1.11 bits per heavy atom. The molecule has 0 unspecified atom stereocenters. The summed E-state index contributed by atoms with van der Waals surface area (Å²) in [7, 11) is 7.12. The van der Waals surface area contributed by atoms with Gasteiger partial charge in [-0.2, -0.15) is 5.06 Å². The van der Waals surface area contributed by atoms with Gasteiger partial charge in [-0.1, -0.05) is 52.8 Å². The number of pyridine rings is 1. The molecule has 8 atom stereocenters. The number of carbonyl (C=O) groups excluding carboxylic acids is 2. The maximum Gasteiger partial charge on any atom is 0.251 e. The van der Waals surface area contributed by atoms with Crippen LogP contribution in [0, 0.1) is 29.1 Å². The molecule has 1 saturated carbocycles. The number of rotatable bonds is 13. The van der Waals surface area contributed by atoms with Gasteiger partial charge in [0.2, 0.25) is 5.91 Å². The summed E-state index contributed by atoms with van der Waals surface area (Å²) in [5, 5.41) is 22.7. The highest BCUT2D eigenvalue weighted by atomic mass is 16.7. The maximum atomic E-state index is 14.6. The number of anilines is 1. The van der Waals surface area contributed by atoms with E-state index < -0.39 is 24.2 Å². The third-order valence-corrected chi connectivity index (χ3v) is 12.3. The lowest BCUT2D eigenvalue weighted by Gasteiger charge is -2.50. The molecule has 1 saturated heterocycles. The lowest BCUT2D eigenvalue weighted by atomic mass is 9.58. The molecule has 11 nitrogen and oxygen atoms in total. The Kier molecular flexibility index (Phi) is 12.9. The van der Waals surface area contributed by atoms with E-state index in [0.717, 1.165) is 34.4 Å². The highest BCUT2D eigenvalue weighted by molar-refractivity contribution is 5.97. The number of benzene rings is 2. The van der Waals surface area contributed by atoms with E-state index in [0.29, 0.717) is 36.2 Å². The number of nitrogens with zero attached hydrogens (tertiary/aromatic N) is 3. The average molecular weight is 729 g/mol. The number of hydroxylamine groups is 2. The number of ether oxygens (including phenoxy) is 1. The van der Waals surface area contributed by atoms with Gasteiger partial charge in [0, 0.05) is 81.0 Å². The third kappa shape index (κ3) is 8.70. The Morgan fingerprint density at radius 3 is 2.47 bits per heavy atom. The summed E-state index contributed by atoms with van der Waals surface area (Å²) in [5.74, 6) is 0.892. The van der Waals surface area contributed by atoms with E-state index in [1.54, 1.807) is 38.5 Å². The normalized spacial score (nSPS) is 26.1. The fraction of sp³-hybridized carbons (Fsp3) is 0.548. The second-order valence-corrected chi connectivity index (χ2v) is 15.9. The van der Waals surface area contributed by atoms with Crippen LogP contribution in [0.2, 0.25) is 0 Å². The summed E-state index contributed by atoms with van der Waals surface area (Å²) >= 11 is 0. The van der Waals surface area contributed by atoms with Crippen molar-refractivity contribution in [3.63, 3.8) is 0 Å². The molecule has 1 aliphatic carbocycles. The molecular weight excluding hydrogens is 668 g/mol. The summed E-state index contributed by atoms with van der Waals surface area (Å²) in [4.78, 5) is 40.2. The number of para-hydroxylation sites is 1. The van der Waals surface area contributed by atoms with Crippen molar-refractivity contribution in [1.82, 2.24) is 26.0 Å². The standard InChI is InChI=1S/C42H60N6O5/c1-25-18-35(26(2)27(3)42(25,5)6)46-41(51)38-37(28(4)49)36(23-45-22-29-14-16-44-17-15-29)53-48(38)24-30-12-11-13-34(39(30)52-10)31-19-32(40(50)43-7)21-33(20-31)47(8)9/h11-17,19-21,25-28,35-38,45,49H,18,22-24H2,1-10H3,(H,43,50)(H,46,51)/t25-,26+,27+,28+,35+,36+,37-,38+/m1/s1. The average Bonchev–Trinajstić information content (AvgIpc) is 3.51. The van der Waals surface area contributed by atoms with Crippen molar-refractivity contribution in [3.05, 3.63) is 77.6 Å². The number of nitrogens with one attached hydrogen (secondary N) is 3. The minimum Gasteiger partial charge on any atom is -0.496 e. The van der Waals surface area contributed by atoms with Crippen LogP contribution in [0.3, 0.4) is 0 Å². The van der Waals surface area contributed by atoms with Crippen LogP contribution < -0.4 is 25.6 Å². The molecule has 2 fully saturated rings. The Bertz CT molecular complexity index is 1720. The fourth-order valence-electron chi connectivity index (χ4n) is 8.23. The zero-order valence-electron chi connectivity index (χ0n) is 33.1. The van der Waals surface area contributed by atoms with Gasteiger partial charge in [0.15, 0.2) is 0 Å². The SMILES string of the molecule is CNC(=O)c1cc(-c2cccc(CN3O[C@@H](CNCc4ccncc4)[C@@H]([C@H](C)O)[C@H]3C(=O)N[C@H]3C[C@@H](C)C(C)(C)[C@@H](C)[C@@H]3C)c2OC)cc(N(C)C)c1. The van der Waals surface area contributed by atoms with Crippen molar-refractivity contribution in [2.24, 2.45) is 29.1 Å². The van der Waals surface area contributed by atoms with Gasteiger partial charge in [0.05, 0.1) is 25.9 Å². The van der Waals surface area contributed by atoms with E-state index in [9.17, 15) is 14.7 Å². The molecule has 4 N–H and O–H groups in total. The van der Waals surface area contributed by atoms with Crippen LogP contribution in [-0.4, -0.2) is 86.1 Å². The van der Waals surface area contributed by atoms with Gasteiger partial charge < -0.3 is 30.7 Å². The summed E-state index contributed by atoms with van der Waals surface area (Å²) < 4.78 is 6.09. The topological polar surface area (TPSA) is 128 Å². The Balaban J connectivity index is 1.49. The molecule has 11 heteroatoms. The van der Waals surface area contributed by atoms with Crippen LogP contribution in [0.15, 0.2) is 60.9 Å². The van der Waals surface area contributed by atoms with E-state index >= 15 is 0 Å². The second kappa shape index (κ2) is 17.0.